The Kier molecular flexibility index (Phi) is 7.52. The average Bonchev–Trinajstić information content (AvgIpc) is 2.95. The average molecular weight is 368 g/mol. The molecule has 0 radical (unpaired) electrons. The van der Waals surface area contributed by atoms with E-state index in [-0.39, 0.29) is 18.7 Å². The molecule has 0 fully saturated rings. The molecule has 1 aromatic carbocycles. The number of alkyl halides is 1. The number of aryl methyl sites for hydroxylation is 1. The van der Waals surface area contributed by atoms with Crippen molar-refractivity contribution in [3.8, 4) is 0 Å². The lowest BCUT2D eigenvalue weighted by molar-refractivity contribution is -0.147. The lowest BCUT2D eigenvalue weighted by Crippen LogP contribution is -2.28. The van der Waals surface area contributed by atoms with Crippen molar-refractivity contribution >= 4 is 34.3 Å². The van der Waals surface area contributed by atoms with Crippen LogP contribution in [0.4, 0.5) is 5.69 Å². The van der Waals surface area contributed by atoms with E-state index in [1.165, 1.54) is 0 Å². The molecule has 1 heterocycles. The third-order valence-corrected chi connectivity index (χ3v) is 3.93. The van der Waals surface area contributed by atoms with Gasteiger partial charge < -0.3 is 19.7 Å². The predicted octanol–water partition coefficient (Wildman–Crippen LogP) is 2.87. The van der Waals surface area contributed by atoms with Crippen molar-refractivity contribution in [2.45, 2.75) is 39.2 Å². The van der Waals surface area contributed by atoms with E-state index in [0.29, 0.717) is 38.2 Å². The number of ether oxygens (including phenoxy) is 1. The van der Waals surface area contributed by atoms with E-state index in [9.17, 15) is 9.90 Å². The smallest absolute Gasteiger partial charge is 0.306 e. The molecule has 0 aliphatic rings. The molecular weight excluding hydrogens is 342 g/mol. The molecule has 0 unspecified atom stereocenters. The molecule has 2 aromatic rings. The summed E-state index contributed by atoms with van der Waals surface area (Å²) < 4.78 is 5.13. The first-order valence-corrected chi connectivity index (χ1v) is 9.17. The molecule has 1 aromatic heterocycles. The molecule has 0 aliphatic carbocycles. The van der Waals surface area contributed by atoms with Crippen LogP contribution < -0.4 is 4.90 Å². The maximum Gasteiger partial charge on any atom is 0.306 e. The number of aromatic amines is 1. The monoisotopic (exact) mass is 367 g/mol. The second-order valence-corrected chi connectivity index (χ2v) is 6.55. The number of hydrogen-bond acceptors (Lipinski definition) is 5. The fraction of sp³-hybridized carbons (Fsp3) is 0.556. The summed E-state index contributed by atoms with van der Waals surface area (Å²) in [6.07, 6.45) is 1.70. The summed E-state index contributed by atoms with van der Waals surface area (Å²) in [5, 5.41) is 9.20. The standard InChI is InChI=1S/C18H26ClN3O3/c1-13(2)25-18(24)5-3-4-17-20-15-7-6-14(12-16(15)21-17)22(9-8-19)10-11-23/h6-7,12-13,23H,3-5,8-11H2,1-2H3,(H,20,21). The number of esters is 1. The SMILES string of the molecule is CC(C)OC(=O)CCCc1nc2ccc(N(CCO)CCCl)cc2[nH]1. The van der Waals surface area contributed by atoms with Crippen LogP contribution in [0.2, 0.25) is 0 Å². The van der Waals surface area contributed by atoms with Crippen molar-refractivity contribution in [2.75, 3.05) is 30.5 Å². The maximum atomic E-state index is 11.6. The molecular formula is C18H26ClN3O3. The van der Waals surface area contributed by atoms with E-state index in [4.69, 9.17) is 16.3 Å². The lowest BCUT2D eigenvalue weighted by atomic mass is 10.2. The number of imidazole rings is 1. The van der Waals surface area contributed by atoms with Crippen LogP contribution in [0.25, 0.3) is 11.0 Å². The highest BCUT2D eigenvalue weighted by molar-refractivity contribution is 6.18. The van der Waals surface area contributed by atoms with E-state index in [2.05, 4.69) is 9.97 Å². The van der Waals surface area contributed by atoms with Crippen LogP contribution >= 0.6 is 11.6 Å². The molecule has 2 N–H and O–H groups in total. The Morgan fingerprint density at radius 1 is 1.40 bits per heavy atom. The first-order chi connectivity index (χ1) is 12.0. The van der Waals surface area contributed by atoms with Crippen LogP contribution in [0.15, 0.2) is 18.2 Å². The molecule has 7 heteroatoms. The number of halogens is 1. The second kappa shape index (κ2) is 9.63. The Bertz CT molecular complexity index is 681. The van der Waals surface area contributed by atoms with Gasteiger partial charge in [-0.2, -0.15) is 0 Å². The third-order valence-electron chi connectivity index (χ3n) is 3.77. The van der Waals surface area contributed by atoms with Crippen molar-refractivity contribution in [3.05, 3.63) is 24.0 Å². The first-order valence-electron chi connectivity index (χ1n) is 8.63. The zero-order valence-electron chi connectivity index (χ0n) is 14.8. The zero-order valence-corrected chi connectivity index (χ0v) is 15.6. The molecule has 0 saturated carbocycles. The van der Waals surface area contributed by atoms with Crippen molar-refractivity contribution < 1.29 is 14.6 Å². The molecule has 0 amide bonds. The lowest BCUT2D eigenvalue weighted by Gasteiger charge is -2.22. The van der Waals surface area contributed by atoms with E-state index >= 15 is 0 Å². The number of fused-ring (bicyclic) bond motifs is 1. The van der Waals surface area contributed by atoms with Gasteiger partial charge in [0.25, 0.3) is 0 Å². The minimum absolute atomic E-state index is 0.0769. The van der Waals surface area contributed by atoms with E-state index in [1.807, 2.05) is 36.9 Å². The predicted molar refractivity (Wildman–Crippen MR) is 100 cm³/mol. The number of benzene rings is 1. The topological polar surface area (TPSA) is 78.4 Å². The number of aromatic nitrogens is 2. The number of nitrogens with one attached hydrogen (secondary N) is 1. The van der Waals surface area contributed by atoms with E-state index in [0.717, 1.165) is 22.5 Å². The van der Waals surface area contributed by atoms with Crippen molar-refractivity contribution in [1.82, 2.24) is 9.97 Å². The third kappa shape index (κ3) is 5.90. The van der Waals surface area contributed by atoms with Crippen molar-refractivity contribution in [2.24, 2.45) is 0 Å². The molecule has 0 atom stereocenters. The second-order valence-electron chi connectivity index (χ2n) is 6.18. The number of H-pyrrole nitrogens is 1. The van der Waals surface area contributed by atoms with E-state index in [1.54, 1.807) is 0 Å². The highest BCUT2D eigenvalue weighted by Crippen LogP contribution is 2.21. The highest BCUT2D eigenvalue weighted by Gasteiger charge is 2.10. The minimum Gasteiger partial charge on any atom is -0.463 e. The van der Waals surface area contributed by atoms with Gasteiger partial charge in [-0.3, -0.25) is 4.79 Å². The number of hydrogen-bond donors (Lipinski definition) is 2. The van der Waals surface area contributed by atoms with Gasteiger partial charge in [0.15, 0.2) is 0 Å². The van der Waals surface area contributed by atoms with Gasteiger partial charge in [-0.1, -0.05) is 0 Å². The number of aliphatic hydroxyl groups excluding tert-OH is 1. The van der Waals surface area contributed by atoms with Gasteiger partial charge in [0.05, 0.1) is 23.7 Å². The summed E-state index contributed by atoms with van der Waals surface area (Å²) in [5.74, 6) is 1.18. The summed E-state index contributed by atoms with van der Waals surface area (Å²) in [7, 11) is 0. The first kappa shape index (κ1) is 19.5. The molecule has 0 saturated heterocycles. The van der Waals surface area contributed by atoms with Crippen LogP contribution in [0.3, 0.4) is 0 Å². The fourth-order valence-corrected chi connectivity index (χ4v) is 2.88. The number of carbonyl (C=O) groups excluding carboxylic acids is 1. The van der Waals surface area contributed by atoms with Gasteiger partial charge in [0.1, 0.15) is 5.82 Å². The Morgan fingerprint density at radius 2 is 2.20 bits per heavy atom. The quantitative estimate of drug-likeness (QED) is 0.498. The van der Waals surface area contributed by atoms with Gasteiger partial charge in [0.2, 0.25) is 0 Å². The van der Waals surface area contributed by atoms with Crippen molar-refractivity contribution in [3.63, 3.8) is 0 Å². The molecule has 138 valence electrons. The number of nitrogens with zero attached hydrogens (tertiary/aromatic N) is 2. The summed E-state index contributed by atoms with van der Waals surface area (Å²) >= 11 is 5.84. The zero-order chi connectivity index (χ0) is 18.2. The fourth-order valence-electron chi connectivity index (χ4n) is 2.68. The Morgan fingerprint density at radius 3 is 2.88 bits per heavy atom. The molecule has 2 rings (SSSR count). The van der Waals surface area contributed by atoms with Gasteiger partial charge >= 0.3 is 5.97 Å². The number of carbonyl (C=O) groups is 1. The Hall–Kier alpha value is -1.79. The summed E-state index contributed by atoms with van der Waals surface area (Å²) in [4.78, 5) is 21.5. The van der Waals surface area contributed by atoms with Crippen LogP contribution in [0, 0.1) is 0 Å². The highest BCUT2D eigenvalue weighted by atomic mass is 35.5. The van der Waals surface area contributed by atoms with Gasteiger partial charge in [-0.05, 0) is 38.5 Å². The maximum absolute atomic E-state index is 11.6. The van der Waals surface area contributed by atoms with Crippen molar-refractivity contribution in [1.29, 1.82) is 0 Å². The van der Waals surface area contributed by atoms with E-state index < -0.39 is 0 Å². The van der Waals surface area contributed by atoms with Gasteiger partial charge in [0, 0.05) is 37.5 Å². The number of rotatable bonds is 10. The molecule has 0 spiro atoms. The molecule has 6 nitrogen and oxygen atoms in total. The van der Waals surface area contributed by atoms with Crippen LogP contribution in [0.5, 0.6) is 0 Å². The number of aliphatic hydroxyl groups is 1. The molecule has 0 aliphatic heterocycles. The van der Waals surface area contributed by atoms with Crippen LogP contribution in [-0.4, -0.2) is 52.7 Å². The Labute approximate surface area is 153 Å². The summed E-state index contributed by atoms with van der Waals surface area (Å²) in [6, 6.07) is 5.95. The van der Waals surface area contributed by atoms with Gasteiger partial charge in [-0.25, -0.2) is 4.98 Å². The normalized spacial score (nSPS) is 11.2. The Balaban J connectivity index is 2.00. The van der Waals surface area contributed by atoms with Gasteiger partial charge in [-0.15, -0.1) is 11.6 Å². The molecule has 25 heavy (non-hydrogen) atoms. The van der Waals surface area contributed by atoms with Crippen LogP contribution in [0.1, 0.15) is 32.5 Å². The summed E-state index contributed by atoms with van der Waals surface area (Å²) in [5.41, 5.74) is 2.83. The summed E-state index contributed by atoms with van der Waals surface area (Å²) in [6.45, 7) is 4.98. The molecule has 0 bridgehead atoms. The van der Waals surface area contributed by atoms with Crippen LogP contribution in [-0.2, 0) is 16.0 Å². The largest absolute Gasteiger partial charge is 0.463 e. The minimum atomic E-state index is -0.172. The number of anilines is 1.